The van der Waals surface area contributed by atoms with Gasteiger partial charge in [-0.3, -0.25) is 4.79 Å². The van der Waals surface area contributed by atoms with E-state index in [1.54, 1.807) is 7.11 Å². The SMILES string of the molecule is COc1cc(C(C)C)ccc1CC(C)CC(=O)O. The lowest BCUT2D eigenvalue weighted by Crippen LogP contribution is -2.08. The van der Waals surface area contributed by atoms with Crippen molar-refractivity contribution in [2.75, 3.05) is 7.11 Å². The summed E-state index contributed by atoms with van der Waals surface area (Å²) >= 11 is 0. The van der Waals surface area contributed by atoms with Gasteiger partial charge >= 0.3 is 5.97 Å². The topological polar surface area (TPSA) is 46.5 Å². The summed E-state index contributed by atoms with van der Waals surface area (Å²) in [7, 11) is 1.66. The van der Waals surface area contributed by atoms with E-state index in [1.165, 1.54) is 5.56 Å². The summed E-state index contributed by atoms with van der Waals surface area (Å²) in [5, 5.41) is 8.77. The van der Waals surface area contributed by atoms with E-state index in [9.17, 15) is 4.79 Å². The zero-order valence-electron chi connectivity index (χ0n) is 11.6. The van der Waals surface area contributed by atoms with Crippen LogP contribution in [0.1, 0.15) is 44.2 Å². The third-order valence-electron chi connectivity index (χ3n) is 3.07. The number of aliphatic carboxylic acids is 1. The number of ether oxygens (including phenoxy) is 1. The Morgan fingerprint density at radius 2 is 2.00 bits per heavy atom. The van der Waals surface area contributed by atoms with Gasteiger partial charge in [0.25, 0.3) is 0 Å². The van der Waals surface area contributed by atoms with Crippen LogP contribution in [-0.2, 0) is 11.2 Å². The minimum Gasteiger partial charge on any atom is -0.496 e. The molecule has 3 nitrogen and oxygen atoms in total. The largest absolute Gasteiger partial charge is 0.496 e. The predicted octanol–water partition coefficient (Wildman–Crippen LogP) is 3.47. The number of carboxylic acids is 1. The van der Waals surface area contributed by atoms with Gasteiger partial charge < -0.3 is 9.84 Å². The van der Waals surface area contributed by atoms with Crippen molar-refractivity contribution in [1.82, 2.24) is 0 Å². The molecule has 18 heavy (non-hydrogen) atoms. The van der Waals surface area contributed by atoms with Gasteiger partial charge in [0.1, 0.15) is 5.75 Å². The van der Waals surface area contributed by atoms with Crippen LogP contribution >= 0.6 is 0 Å². The van der Waals surface area contributed by atoms with Crippen LogP contribution in [0.25, 0.3) is 0 Å². The molecule has 1 aromatic carbocycles. The smallest absolute Gasteiger partial charge is 0.303 e. The van der Waals surface area contributed by atoms with Crippen molar-refractivity contribution in [2.24, 2.45) is 5.92 Å². The zero-order valence-corrected chi connectivity index (χ0v) is 11.6. The molecular formula is C15H22O3. The number of hydrogen-bond acceptors (Lipinski definition) is 2. The fourth-order valence-electron chi connectivity index (χ4n) is 2.03. The van der Waals surface area contributed by atoms with Crippen molar-refractivity contribution in [1.29, 1.82) is 0 Å². The van der Waals surface area contributed by atoms with Gasteiger partial charge in [-0.25, -0.2) is 0 Å². The summed E-state index contributed by atoms with van der Waals surface area (Å²) < 4.78 is 5.39. The molecule has 0 heterocycles. The second-order valence-electron chi connectivity index (χ2n) is 5.13. The summed E-state index contributed by atoms with van der Waals surface area (Å²) in [4.78, 5) is 10.7. The molecule has 0 radical (unpaired) electrons. The Kier molecular flexibility index (Phi) is 5.20. The fourth-order valence-corrected chi connectivity index (χ4v) is 2.03. The van der Waals surface area contributed by atoms with Gasteiger partial charge in [0.05, 0.1) is 7.11 Å². The van der Waals surface area contributed by atoms with E-state index in [-0.39, 0.29) is 12.3 Å². The van der Waals surface area contributed by atoms with Crippen LogP contribution in [-0.4, -0.2) is 18.2 Å². The lowest BCUT2D eigenvalue weighted by molar-refractivity contribution is -0.137. The Bertz CT molecular complexity index is 410. The number of hydrogen-bond donors (Lipinski definition) is 1. The lowest BCUT2D eigenvalue weighted by atomic mass is 9.94. The number of carboxylic acid groups (broad SMARTS) is 1. The van der Waals surface area contributed by atoms with Gasteiger partial charge in [0.2, 0.25) is 0 Å². The Labute approximate surface area is 109 Å². The Hall–Kier alpha value is -1.51. The standard InChI is InChI=1S/C15H22O3/c1-10(2)12-5-6-13(14(9-12)18-4)7-11(3)8-15(16)17/h5-6,9-11H,7-8H2,1-4H3,(H,16,17). The van der Waals surface area contributed by atoms with Gasteiger partial charge in [-0.05, 0) is 35.4 Å². The summed E-state index contributed by atoms with van der Waals surface area (Å²) in [6, 6.07) is 6.19. The average molecular weight is 250 g/mol. The lowest BCUT2D eigenvalue weighted by Gasteiger charge is -2.15. The monoisotopic (exact) mass is 250 g/mol. The van der Waals surface area contributed by atoms with Crippen LogP contribution < -0.4 is 4.74 Å². The Balaban J connectivity index is 2.85. The van der Waals surface area contributed by atoms with Crippen LogP contribution in [0.4, 0.5) is 0 Å². The first-order chi connectivity index (χ1) is 8.43. The van der Waals surface area contributed by atoms with E-state index in [0.29, 0.717) is 5.92 Å². The van der Waals surface area contributed by atoms with E-state index in [0.717, 1.165) is 17.7 Å². The van der Waals surface area contributed by atoms with Crippen LogP contribution in [0.3, 0.4) is 0 Å². The molecule has 3 heteroatoms. The maximum atomic E-state index is 10.7. The van der Waals surface area contributed by atoms with E-state index in [2.05, 4.69) is 19.9 Å². The summed E-state index contributed by atoms with van der Waals surface area (Å²) in [5.41, 5.74) is 2.32. The molecule has 0 spiro atoms. The van der Waals surface area contributed by atoms with Crippen molar-refractivity contribution in [2.45, 2.75) is 39.5 Å². The van der Waals surface area contributed by atoms with E-state index in [1.807, 2.05) is 19.1 Å². The molecule has 0 bridgehead atoms. The number of carbonyl (C=O) groups is 1. The maximum Gasteiger partial charge on any atom is 0.303 e. The molecule has 0 saturated heterocycles. The maximum absolute atomic E-state index is 10.7. The molecule has 1 unspecified atom stereocenters. The van der Waals surface area contributed by atoms with Crippen molar-refractivity contribution < 1.29 is 14.6 Å². The summed E-state index contributed by atoms with van der Waals surface area (Å²) in [6.07, 6.45) is 0.920. The first-order valence-electron chi connectivity index (χ1n) is 6.32. The minimum atomic E-state index is -0.750. The fraction of sp³-hybridized carbons (Fsp3) is 0.533. The third kappa shape index (κ3) is 4.06. The van der Waals surface area contributed by atoms with Crippen molar-refractivity contribution in [3.05, 3.63) is 29.3 Å². The molecule has 0 aliphatic rings. The van der Waals surface area contributed by atoms with E-state index < -0.39 is 5.97 Å². The molecule has 0 aliphatic carbocycles. The van der Waals surface area contributed by atoms with Crippen LogP contribution in [0.15, 0.2) is 18.2 Å². The van der Waals surface area contributed by atoms with Crippen molar-refractivity contribution in [3.63, 3.8) is 0 Å². The van der Waals surface area contributed by atoms with Crippen LogP contribution in [0, 0.1) is 5.92 Å². The summed E-state index contributed by atoms with van der Waals surface area (Å²) in [5.74, 6) is 0.685. The Morgan fingerprint density at radius 3 is 2.50 bits per heavy atom. The molecule has 1 N–H and O–H groups in total. The van der Waals surface area contributed by atoms with E-state index in [4.69, 9.17) is 9.84 Å². The number of rotatable bonds is 6. The van der Waals surface area contributed by atoms with Crippen molar-refractivity contribution in [3.8, 4) is 5.75 Å². The highest BCUT2D eigenvalue weighted by atomic mass is 16.5. The quantitative estimate of drug-likeness (QED) is 0.840. The van der Waals surface area contributed by atoms with Gasteiger partial charge in [-0.15, -0.1) is 0 Å². The van der Waals surface area contributed by atoms with Crippen LogP contribution in [0.5, 0.6) is 5.75 Å². The average Bonchev–Trinajstić information content (AvgIpc) is 2.27. The second kappa shape index (κ2) is 6.43. The predicted molar refractivity (Wildman–Crippen MR) is 72.2 cm³/mol. The highest BCUT2D eigenvalue weighted by molar-refractivity contribution is 5.67. The molecular weight excluding hydrogens is 228 g/mol. The molecule has 100 valence electrons. The first kappa shape index (κ1) is 14.6. The molecule has 1 aromatic rings. The summed E-state index contributed by atoms with van der Waals surface area (Å²) in [6.45, 7) is 6.23. The number of methoxy groups -OCH3 is 1. The first-order valence-corrected chi connectivity index (χ1v) is 6.32. The molecule has 1 rings (SSSR count). The molecule has 0 aliphatic heterocycles. The normalized spacial score (nSPS) is 12.5. The third-order valence-corrected chi connectivity index (χ3v) is 3.07. The molecule has 0 aromatic heterocycles. The van der Waals surface area contributed by atoms with E-state index >= 15 is 0 Å². The van der Waals surface area contributed by atoms with Gasteiger partial charge in [0, 0.05) is 6.42 Å². The Morgan fingerprint density at radius 1 is 1.33 bits per heavy atom. The minimum absolute atomic E-state index is 0.112. The molecule has 1 atom stereocenters. The van der Waals surface area contributed by atoms with Gasteiger partial charge in [-0.1, -0.05) is 32.9 Å². The van der Waals surface area contributed by atoms with Gasteiger partial charge in [0.15, 0.2) is 0 Å². The highest BCUT2D eigenvalue weighted by Crippen LogP contribution is 2.27. The van der Waals surface area contributed by atoms with Crippen molar-refractivity contribution >= 4 is 5.97 Å². The van der Waals surface area contributed by atoms with Crippen LogP contribution in [0.2, 0.25) is 0 Å². The zero-order chi connectivity index (χ0) is 13.7. The molecule has 0 fully saturated rings. The number of benzene rings is 1. The molecule has 0 amide bonds. The highest BCUT2D eigenvalue weighted by Gasteiger charge is 2.12. The van der Waals surface area contributed by atoms with Gasteiger partial charge in [-0.2, -0.15) is 0 Å². The molecule has 0 saturated carbocycles. The second-order valence-corrected chi connectivity index (χ2v) is 5.13.